The Morgan fingerprint density at radius 3 is 2.52 bits per heavy atom. The molecular weight excluding hydrogens is 394 g/mol. The molecule has 2 rings (SSSR count). The van der Waals surface area contributed by atoms with E-state index < -0.39 is 29.4 Å². The normalized spacial score (nSPS) is 15.9. The molecule has 0 bridgehead atoms. The lowest BCUT2D eigenvalue weighted by atomic mass is 10.0. The van der Waals surface area contributed by atoms with E-state index in [-0.39, 0.29) is 6.42 Å². The molecule has 0 aliphatic carbocycles. The highest BCUT2D eigenvalue weighted by atomic mass is 79.9. The van der Waals surface area contributed by atoms with Gasteiger partial charge in [0.1, 0.15) is 17.2 Å². The number of nitrogens with zero attached hydrogens (tertiary/aromatic N) is 1. The fraction of sp³-hybridized carbons (Fsp3) is 0.444. The molecule has 0 saturated carbocycles. The first-order valence-electron chi connectivity index (χ1n) is 7.99. The molecule has 0 spiro atoms. The number of benzene rings is 1. The Morgan fingerprint density at radius 2 is 1.96 bits per heavy atom. The summed E-state index contributed by atoms with van der Waals surface area (Å²) in [5.74, 6) is -1.32. The van der Waals surface area contributed by atoms with E-state index in [1.54, 1.807) is 27.0 Å². The summed E-state index contributed by atoms with van der Waals surface area (Å²) in [6, 6.07) is 2.73. The van der Waals surface area contributed by atoms with Gasteiger partial charge in [-0.3, -0.25) is 4.99 Å². The molecule has 0 saturated heterocycles. The zero-order valence-electron chi connectivity index (χ0n) is 14.4. The van der Waals surface area contributed by atoms with Crippen molar-refractivity contribution in [2.45, 2.75) is 51.7 Å². The number of hydrogen-bond acceptors (Lipinski definition) is 3. The van der Waals surface area contributed by atoms with Crippen LogP contribution in [0.25, 0.3) is 0 Å². The van der Waals surface area contributed by atoms with E-state index in [2.05, 4.69) is 26.2 Å². The molecule has 1 heterocycles. The number of ether oxygens (including phenoxy) is 1. The minimum Gasteiger partial charge on any atom is -0.444 e. The van der Waals surface area contributed by atoms with Crippen molar-refractivity contribution in [3.63, 3.8) is 0 Å². The van der Waals surface area contributed by atoms with Crippen LogP contribution in [0, 0.1) is 11.6 Å². The van der Waals surface area contributed by atoms with Crippen molar-refractivity contribution in [2.24, 2.45) is 4.99 Å². The van der Waals surface area contributed by atoms with Gasteiger partial charge in [0.2, 0.25) is 0 Å². The number of allylic oxidation sites excluding steroid dienone is 1. The molecule has 1 aromatic carbocycles. The molecule has 1 aliphatic heterocycles. The Hall–Kier alpha value is -1.76. The highest BCUT2D eigenvalue weighted by Crippen LogP contribution is 2.27. The lowest BCUT2D eigenvalue weighted by Gasteiger charge is -2.25. The van der Waals surface area contributed by atoms with E-state index in [1.165, 1.54) is 12.1 Å². The van der Waals surface area contributed by atoms with Crippen LogP contribution in [0.3, 0.4) is 0 Å². The summed E-state index contributed by atoms with van der Waals surface area (Å²) in [6.07, 6.45) is 2.88. The molecule has 1 unspecified atom stereocenters. The van der Waals surface area contributed by atoms with Crippen LogP contribution in [0.5, 0.6) is 0 Å². The molecule has 1 atom stereocenters. The van der Waals surface area contributed by atoms with E-state index >= 15 is 0 Å². The number of rotatable bonds is 4. The smallest absolute Gasteiger partial charge is 0.408 e. The van der Waals surface area contributed by atoms with Crippen molar-refractivity contribution < 1.29 is 18.3 Å². The molecule has 1 N–H and O–H groups in total. The molecule has 1 aliphatic rings. The van der Waals surface area contributed by atoms with E-state index in [9.17, 15) is 13.6 Å². The molecule has 1 aromatic rings. The quantitative estimate of drug-likeness (QED) is 0.763. The fourth-order valence-electron chi connectivity index (χ4n) is 2.46. The average Bonchev–Trinajstić information content (AvgIpc) is 2.44. The summed E-state index contributed by atoms with van der Waals surface area (Å²) < 4.78 is 33.1. The van der Waals surface area contributed by atoms with Gasteiger partial charge in [0.25, 0.3) is 0 Å². The van der Waals surface area contributed by atoms with Crippen LogP contribution in [-0.2, 0) is 11.2 Å². The van der Waals surface area contributed by atoms with E-state index in [4.69, 9.17) is 4.74 Å². The molecule has 1 amide bonds. The number of carbonyl (C=O) groups is 1. The first kappa shape index (κ1) is 19.6. The van der Waals surface area contributed by atoms with Gasteiger partial charge >= 0.3 is 6.09 Å². The SMILES string of the molecule is CC(C)(C)OC(=O)NC(Cc1cc(F)cc(F)c1)C1=C(Br)CCC=N1. The standard InChI is InChI=1S/C18H21BrF2N2O2/c1-18(2,3)25-17(24)23-15(16-14(19)5-4-6-22-16)9-11-7-12(20)10-13(21)8-11/h6-8,10,15H,4-5,9H2,1-3H3,(H,23,24). The second-order valence-electron chi connectivity index (χ2n) is 6.82. The number of nitrogens with one attached hydrogen (secondary N) is 1. The topological polar surface area (TPSA) is 50.7 Å². The van der Waals surface area contributed by atoms with Crippen LogP contribution in [0.2, 0.25) is 0 Å². The monoisotopic (exact) mass is 414 g/mol. The summed E-state index contributed by atoms with van der Waals surface area (Å²) in [5.41, 5.74) is 0.398. The van der Waals surface area contributed by atoms with E-state index in [0.29, 0.717) is 11.3 Å². The molecule has 7 heteroatoms. The zero-order valence-corrected chi connectivity index (χ0v) is 16.0. The van der Waals surface area contributed by atoms with E-state index in [1.807, 2.05) is 0 Å². The average molecular weight is 415 g/mol. The van der Waals surface area contributed by atoms with Gasteiger partial charge in [-0.2, -0.15) is 0 Å². The van der Waals surface area contributed by atoms with Crippen LogP contribution in [0.15, 0.2) is 33.4 Å². The summed E-state index contributed by atoms with van der Waals surface area (Å²) >= 11 is 3.47. The van der Waals surface area contributed by atoms with Gasteiger partial charge < -0.3 is 10.1 Å². The molecule has 0 fully saturated rings. The maximum Gasteiger partial charge on any atom is 0.408 e. The predicted octanol–water partition coefficient (Wildman–Crippen LogP) is 4.87. The summed E-state index contributed by atoms with van der Waals surface area (Å²) in [6.45, 7) is 5.28. The van der Waals surface area contributed by atoms with Crippen LogP contribution in [-0.4, -0.2) is 24.0 Å². The number of aliphatic imine (C=N–C) groups is 1. The van der Waals surface area contributed by atoms with Crippen molar-refractivity contribution in [1.82, 2.24) is 5.32 Å². The first-order valence-corrected chi connectivity index (χ1v) is 8.79. The highest BCUT2D eigenvalue weighted by molar-refractivity contribution is 9.11. The third-order valence-corrected chi connectivity index (χ3v) is 4.19. The number of hydrogen-bond donors (Lipinski definition) is 1. The van der Waals surface area contributed by atoms with Gasteiger partial charge in [-0.25, -0.2) is 13.6 Å². The van der Waals surface area contributed by atoms with Gasteiger partial charge in [0.15, 0.2) is 0 Å². The van der Waals surface area contributed by atoms with E-state index in [0.717, 1.165) is 23.4 Å². The lowest BCUT2D eigenvalue weighted by Crippen LogP contribution is -2.41. The number of amides is 1. The van der Waals surface area contributed by atoms with Crippen LogP contribution in [0.4, 0.5) is 13.6 Å². The third-order valence-electron chi connectivity index (χ3n) is 3.38. The minimum absolute atomic E-state index is 0.190. The first-order chi connectivity index (χ1) is 11.6. The van der Waals surface area contributed by atoms with Crippen molar-refractivity contribution in [3.05, 3.63) is 45.6 Å². The van der Waals surface area contributed by atoms with Gasteiger partial charge in [-0.05, 0) is 57.7 Å². The lowest BCUT2D eigenvalue weighted by molar-refractivity contribution is 0.0511. The molecule has 136 valence electrons. The van der Waals surface area contributed by atoms with Crippen molar-refractivity contribution in [3.8, 4) is 0 Å². The van der Waals surface area contributed by atoms with Crippen LogP contribution in [0.1, 0.15) is 39.2 Å². The predicted molar refractivity (Wildman–Crippen MR) is 96.9 cm³/mol. The maximum absolute atomic E-state index is 13.5. The molecular formula is C18H21BrF2N2O2. The van der Waals surface area contributed by atoms with Gasteiger partial charge in [0.05, 0.1) is 11.7 Å². The van der Waals surface area contributed by atoms with Crippen LogP contribution >= 0.6 is 15.9 Å². The Labute approximate surface area is 154 Å². The zero-order chi connectivity index (χ0) is 18.6. The van der Waals surface area contributed by atoms with Crippen LogP contribution < -0.4 is 5.32 Å². The number of alkyl carbamates (subject to hydrolysis) is 1. The number of carbonyl (C=O) groups excluding carboxylic acids is 1. The Bertz CT molecular complexity index is 691. The molecule has 25 heavy (non-hydrogen) atoms. The van der Waals surface area contributed by atoms with Gasteiger partial charge in [0, 0.05) is 16.8 Å². The van der Waals surface area contributed by atoms with Crippen molar-refractivity contribution >= 4 is 28.2 Å². The minimum atomic E-state index is -0.661. The fourth-order valence-corrected chi connectivity index (χ4v) is 3.07. The number of halogens is 3. The molecule has 0 aromatic heterocycles. The second kappa shape index (κ2) is 8.08. The summed E-state index contributed by atoms with van der Waals surface area (Å²) in [7, 11) is 0. The third kappa shape index (κ3) is 6.23. The van der Waals surface area contributed by atoms with Gasteiger partial charge in [-0.15, -0.1) is 0 Å². The maximum atomic E-state index is 13.5. The largest absolute Gasteiger partial charge is 0.444 e. The van der Waals surface area contributed by atoms with Crippen molar-refractivity contribution in [1.29, 1.82) is 0 Å². The molecule has 4 nitrogen and oxygen atoms in total. The Kier molecular flexibility index (Phi) is 6.32. The summed E-state index contributed by atoms with van der Waals surface area (Å²) in [4.78, 5) is 16.5. The van der Waals surface area contributed by atoms with Crippen molar-refractivity contribution in [2.75, 3.05) is 0 Å². The Morgan fingerprint density at radius 1 is 1.32 bits per heavy atom. The summed E-state index contributed by atoms with van der Waals surface area (Å²) in [5, 5.41) is 2.75. The van der Waals surface area contributed by atoms with Gasteiger partial charge in [-0.1, -0.05) is 15.9 Å². The highest BCUT2D eigenvalue weighted by Gasteiger charge is 2.25. The molecule has 0 radical (unpaired) electrons. The second-order valence-corrected chi connectivity index (χ2v) is 7.78. The Balaban J connectivity index is 2.26.